The van der Waals surface area contributed by atoms with Gasteiger partial charge < -0.3 is 10.1 Å². The average Bonchev–Trinajstić information content (AvgIpc) is 2.73. The normalized spacial score (nSPS) is 16.8. The minimum absolute atomic E-state index is 0.0256. The van der Waals surface area contributed by atoms with E-state index in [0.717, 1.165) is 21.3 Å². The van der Waals surface area contributed by atoms with Gasteiger partial charge in [0.15, 0.2) is 0 Å². The number of ether oxygens (including phenoxy) is 1. The van der Waals surface area contributed by atoms with Crippen LogP contribution in [0, 0.1) is 5.92 Å². The maximum atomic E-state index is 12.8. The van der Waals surface area contributed by atoms with Crippen LogP contribution < -0.4 is 10.1 Å². The second-order valence-electron chi connectivity index (χ2n) is 7.56. The maximum Gasteiger partial charge on any atom is 0.223 e. The lowest BCUT2D eigenvalue weighted by Gasteiger charge is -2.31. The van der Waals surface area contributed by atoms with E-state index in [1.54, 1.807) is 7.11 Å². The van der Waals surface area contributed by atoms with Crippen molar-refractivity contribution in [1.29, 1.82) is 0 Å². The smallest absolute Gasteiger partial charge is 0.223 e. The van der Waals surface area contributed by atoms with Gasteiger partial charge in [-0.15, -0.1) is 0 Å². The summed E-state index contributed by atoms with van der Waals surface area (Å²) < 4.78 is 33.0. The lowest BCUT2D eigenvalue weighted by atomic mass is 9.96. The summed E-state index contributed by atoms with van der Waals surface area (Å²) in [6, 6.07) is 14.8. The second kappa shape index (κ2) is 9.94. The first-order chi connectivity index (χ1) is 14.3. The molecule has 6 nitrogen and oxygen atoms in total. The van der Waals surface area contributed by atoms with E-state index in [1.807, 2.05) is 55.5 Å². The zero-order valence-electron chi connectivity index (χ0n) is 17.2. The van der Waals surface area contributed by atoms with Crippen LogP contribution in [0.25, 0.3) is 0 Å². The molecule has 0 bridgehead atoms. The molecule has 0 spiro atoms. The molecular weight excluding hydrogens is 468 g/mol. The Morgan fingerprint density at radius 2 is 1.87 bits per heavy atom. The van der Waals surface area contributed by atoms with Gasteiger partial charge in [0.2, 0.25) is 15.9 Å². The van der Waals surface area contributed by atoms with E-state index in [4.69, 9.17) is 4.74 Å². The average molecular weight is 495 g/mol. The predicted molar refractivity (Wildman–Crippen MR) is 121 cm³/mol. The highest BCUT2D eigenvalue weighted by atomic mass is 79.9. The number of sulfonamides is 1. The topological polar surface area (TPSA) is 75.7 Å². The summed E-state index contributed by atoms with van der Waals surface area (Å²) in [6.45, 7) is 2.67. The molecule has 2 aromatic carbocycles. The Morgan fingerprint density at radius 3 is 2.47 bits per heavy atom. The standard InChI is InChI=1S/C22H27BrN2O4S/c1-16(18-6-8-21(29-2)9-7-18)24-22(26)19-10-12-25(13-11-19)30(27,28)15-17-4-3-5-20(23)14-17/h3-9,14,16,19H,10-13,15H2,1-2H3,(H,24,26)/t16-/m1/s1. The van der Waals surface area contributed by atoms with Gasteiger partial charge in [0.05, 0.1) is 18.9 Å². The monoisotopic (exact) mass is 494 g/mol. The van der Waals surface area contributed by atoms with Crippen LogP contribution in [0.5, 0.6) is 5.75 Å². The van der Waals surface area contributed by atoms with E-state index < -0.39 is 10.0 Å². The van der Waals surface area contributed by atoms with Gasteiger partial charge in [-0.1, -0.05) is 40.2 Å². The van der Waals surface area contributed by atoms with Gasteiger partial charge in [-0.25, -0.2) is 12.7 Å². The fourth-order valence-electron chi connectivity index (χ4n) is 3.63. The van der Waals surface area contributed by atoms with Crippen LogP contribution in [0.15, 0.2) is 53.0 Å². The van der Waals surface area contributed by atoms with Gasteiger partial charge in [0.25, 0.3) is 0 Å². The number of hydrogen-bond acceptors (Lipinski definition) is 4. The van der Waals surface area contributed by atoms with Crippen molar-refractivity contribution in [1.82, 2.24) is 9.62 Å². The number of amides is 1. The largest absolute Gasteiger partial charge is 0.497 e. The molecule has 1 N–H and O–H groups in total. The number of nitrogens with one attached hydrogen (secondary N) is 1. The fraction of sp³-hybridized carbons (Fsp3) is 0.409. The summed E-state index contributed by atoms with van der Waals surface area (Å²) in [5, 5.41) is 3.05. The number of carbonyl (C=O) groups excluding carboxylic acids is 1. The van der Waals surface area contributed by atoms with Crippen molar-refractivity contribution in [3.8, 4) is 5.75 Å². The summed E-state index contributed by atoms with van der Waals surface area (Å²) in [6.07, 6.45) is 1.05. The minimum atomic E-state index is -3.41. The molecule has 1 aliphatic heterocycles. The van der Waals surface area contributed by atoms with Crippen LogP contribution in [0.4, 0.5) is 0 Å². The predicted octanol–water partition coefficient (Wildman–Crippen LogP) is 3.88. The van der Waals surface area contributed by atoms with Crippen molar-refractivity contribution in [2.45, 2.75) is 31.6 Å². The first kappa shape index (κ1) is 22.8. The van der Waals surface area contributed by atoms with Crippen LogP contribution in [-0.2, 0) is 20.6 Å². The Labute approximate surface area is 186 Å². The molecular formula is C22H27BrN2O4S. The van der Waals surface area contributed by atoms with Gasteiger partial charge >= 0.3 is 0 Å². The number of hydrogen-bond donors (Lipinski definition) is 1. The summed E-state index contributed by atoms with van der Waals surface area (Å²) in [5.74, 6) is 0.539. The summed E-state index contributed by atoms with van der Waals surface area (Å²) >= 11 is 3.37. The van der Waals surface area contributed by atoms with Crippen LogP contribution in [0.2, 0.25) is 0 Å². The number of benzene rings is 2. The SMILES string of the molecule is COc1ccc([C@@H](C)NC(=O)C2CCN(S(=O)(=O)Cc3cccc(Br)c3)CC2)cc1. The molecule has 1 saturated heterocycles. The highest BCUT2D eigenvalue weighted by molar-refractivity contribution is 9.10. The van der Waals surface area contributed by atoms with Crippen molar-refractivity contribution in [2.75, 3.05) is 20.2 Å². The Bertz CT molecular complexity index is 971. The molecule has 0 aliphatic carbocycles. The van der Waals surface area contributed by atoms with Gasteiger partial charge in [-0.3, -0.25) is 4.79 Å². The molecule has 0 saturated carbocycles. The lowest BCUT2D eigenvalue weighted by Crippen LogP contribution is -2.43. The van der Waals surface area contributed by atoms with Crippen molar-refractivity contribution >= 4 is 31.9 Å². The molecule has 1 aliphatic rings. The van der Waals surface area contributed by atoms with Crippen molar-refractivity contribution in [2.24, 2.45) is 5.92 Å². The van der Waals surface area contributed by atoms with E-state index in [2.05, 4.69) is 21.2 Å². The highest BCUT2D eigenvalue weighted by Crippen LogP contribution is 2.24. The number of nitrogens with zero attached hydrogens (tertiary/aromatic N) is 1. The quantitative estimate of drug-likeness (QED) is 0.633. The van der Waals surface area contributed by atoms with E-state index in [1.165, 1.54) is 4.31 Å². The Morgan fingerprint density at radius 1 is 1.20 bits per heavy atom. The molecule has 1 fully saturated rings. The van der Waals surface area contributed by atoms with Crippen LogP contribution in [0.3, 0.4) is 0 Å². The first-order valence-corrected chi connectivity index (χ1v) is 12.4. The summed E-state index contributed by atoms with van der Waals surface area (Å²) in [4.78, 5) is 12.7. The highest BCUT2D eigenvalue weighted by Gasteiger charge is 2.31. The van der Waals surface area contributed by atoms with Gasteiger partial charge in [-0.05, 0) is 55.2 Å². The third-order valence-electron chi connectivity index (χ3n) is 5.43. The second-order valence-corrected chi connectivity index (χ2v) is 10.4. The molecule has 8 heteroatoms. The molecule has 3 rings (SSSR count). The summed E-state index contributed by atoms with van der Waals surface area (Å²) in [7, 11) is -1.79. The van der Waals surface area contributed by atoms with Gasteiger partial charge in [0.1, 0.15) is 5.75 Å². The van der Waals surface area contributed by atoms with E-state index in [-0.39, 0.29) is 23.6 Å². The number of halogens is 1. The van der Waals surface area contributed by atoms with Crippen LogP contribution in [-0.4, -0.2) is 38.8 Å². The lowest BCUT2D eigenvalue weighted by molar-refractivity contribution is -0.126. The molecule has 162 valence electrons. The molecule has 0 radical (unpaired) electrons. The number of carbonyl (C=O) groups is 1. The fourth-order valence-corrected chi connectivity index (χ4v) is 5.63. The minimum Gasteiger partial charge on any atom is -0.497 e. The van der Waals surface area contributed by atoms with Crippen LogP contribution >= 0.6 is 15.9 Å². The third kappa shape index (κ3) is 5.83. The van der Waals surface area contributed by atoms with Gasteiger partial charge in [-0.2, -0.15) is 0 Å². The maximum absolute atomic E-state index is 12.8. The van der Waals surface area contributed by atoms with E-state index in [0.29, 0.717) is 25.9 Å². The molecule has 0 aromatic heterocycles. The van der Waals surface area contributed by atoms with Gasteiger partial charge in [0, 0.05) is 23.5 Å². The number of methoxy groups -OCH3 is 1. The Hall–Kier alpha value is -1.90. The van der Waals surface area contributed by atoms with E-state index >= 15 is 0 Å². The third-order valence-corrected chi connectivity index (χ3v) is 7.77. The van der Waals surface area contributed by atoms with Crippen LogP contribution in [0.1, 0.15) is 36.9 Å². The number of piperidine rings is 1. The zero-order chi connectivity index (χ0) is 21.7. The number of rotatable bonds is 7. The van der Waals surface area contributed by atoms with Crippen molar-refractivity contribution in [3.05, 3.63) is 64.1 Å². The summed E-state index contributed by atoms with van der Waals surface area (Å²) in [5.41, 5.74) is 1.75. The molecule has 1 atom stereocenters. The molecule has 0 unspecified atom stereocenters. The molecule has 1 amide bonds. The first-order valence-electron chi connectivity index (χ1n) is 9.95. The zero-order valence-corrected chi connectivity index (χ0v) is 19.6. The Kier molecular flexibility index (Phi) is 7.55. The Balaban J connectivity index is 1.53. The van der Waals surface area contributed by atoms with Crippen molar-refractivity contribution < 1.29 is 17.9 Å². The van der Waals surface area contributed by atoms with E-state index in [9.17, 15) is 13.2 Å². The molecule has 1 heterocycles. The van der Waals surface area contributed by atoms with Crippen molar-refractivity contribution in [3.63, 3.8) is 0 Å². The molecule has 30 heavy (non-hydrogen) atoms. The molecule has 2 aromatic rings.